The average molecular weight is 313 g/mol. The van der Waals surface area contributed by atoms with Gasteiger partial charge in [-0.05, 0) is 30.7 Å². The molecule has 1 aromatic carbocycles. The van der Waals surface area contributed by atoms with E-state index in [9.17, 15) is 13.2 Å². The zero-order valence-corrected chi connectivity index (χ0v) is 13.3. The molecule has 0 radical (unpaired) electrons. The van der Waals surface area contributed by atoms with Gasteiger partial charge in [-0.3, -0.25) is 4.90 Å². The van der Waals surface area contributed by atoms with Crippen LogP contribution in [0.3, 0.4) is 0 Å². The third kappa shape index (κ3) is 7.12. The van der Waals surface area contributed by atoms with E-state index in [-0.39, 0.29) is 0 Å². The van der Waals surface area contributed by atoms with Crippen molar-refractivity contribution < 1.29 is 13.2 Å². The molecule has 0 unspecified atom stereocenters. The molecule has 0 aliphatic carbocycles. The second kappa shape index (κ2) is 9.67. The van der Waals surface area contributed by atoms with Gasteiger partial charge in [-0.25, -0.2) is 0 Å². The lowest BCUT2D eigenvalue weighted by atomic mass is 10.1. The van der Waals surface area contributed by atoms with E-state index in [1.165, 1.54) is 25.7 Å². The summed E-state index contributed by atoms with van der Waals surface area (Å²) in [4.78, 5) is 2.22. The first kappa shape index (κ1) is 18.8. The van der Waals surface area contributed by atoms with E-state index in [0.29, 0.717) is 6.54 Å². The molecule has 0 aromatic heterocycles. The van der Waals surface area contributed by atoms with Gasteiger partial charge >= 0.3 is 6.18 Å². The summed E-state index contributed by atoms with van der Waals surface area (Å²) in [5, 5.41) is 0. The summed E-state index contributed by atoms with van der Waals surface area (Å²) in [6.45, 7) is 8.32. The third-order valence-corrected chi connectivity index (χ3v) is 3.65. The Bertz CT molecular complexity index is 423. The number of halogens is 3. The van der Waals surface area contributed by atoms with Crippen molar-refractivity contribution in [2.24, 2.45) is 0 Å². The zero-order valence-electron chi connectivity index (χ0n) is 13.3. The standard InChI is InChI=1S/C18H26F3N/c1-3-5-6-7-8-14-22(13-4-2)15-16-9-11-17(12-10-16)18(19,20)21/h4,9-12H,2-3,5-8,13-15H2,1H3. The summed E-state index contributed by atoms with van der Waals surface area (Å²) < 4.78 is 37.6. The molecule has 0 saturated carbocycles. The molecule has 0 saturated heterocycles. The second-order valence-electron chi connectivity index (χ2n) is 5.63. The lowest BCUT2D eigenvalue weighted by Crippen LogP contribution is -2.24. The van der Waals surface area contributed by atoms with Gasteiger partial charge in [0.1, 0.15) is 0 Å². The molecular formula is C18H26F3N. The molecule has 0 N–H and O–H groups in total. The molecule has 0 aliphatic heterocycles. The summed E-state index contributed by atoms with van der Waals surface area (Å²) in [6.07, 6.45) is 3.64. The Morgan fingerprint density at radius 1 is 1.05 bits per heavy atom. The minimum atomic E-state index is -4.27. The highest BCUT2D eigenvalue weighted by Crippen LogP contribution is 2.29. The molecule has 22 heavy (non-hydrogen) atoms. The maximum Gasteiger partial charge on any atom is 0.416 e. The summed E-state index contributed by atoms with van der Waals surface area (Å²) in [6, 6.07) is 5.44. The number of alkyl halides is 3. The number of benzene rings is 1. The lowest BCUT2D eigenvalue weighted by Gasteiger charge is -2.21. The molecule has 0 fully saturated rings. The monoisotopic (exact) mass is 313 g/mol. The van der Waals surface area contributed by atoms with Crippen LogP contribution >= 0.6 is 0 Å². The van der Waals surface area contributed by atoms with Gasteiger partial charge in [0.2, 0.25) is 0 Å². The molecule has 0 bridgehead atoms. The van der Waals surface area contributed by atoms with Gasteiger partial charge in [-0.1, -0.05) is 50.8 Å². The van der Waals surface area contributed by atoms with Crippen LogP contribution < -0.4 is 0 Å². The van der Waals surface area contributed by atoms with E-state index in [2.05, 4.69) is 18.4 Å². The fraction of sp³-hybridized carbons (Fsp3) is 0.556. The van der Waals surface area contributed by atoms with Gasteiger partial charge in [-0.15, -0.1) is 6.58 Å². The molecule has 0 spiro atoms. The molecule has 124 valence electrons. The van der Waals surface area contributed by atoms with Crippen LogP contribution in [0, 0.1) is 0 Å². The van der Waals surface area contributed by atoms with Crippen molar-refractivity contribution in [2.45, 2.75) is 51.7 Å². The van der Waals surface area contributed by atoms with Crippen molar-refractivity contribution in [2.75, 3.05) is 13.1 Å². The van der Waals surface area contributed by atoms with Crippen molar-refractivity contribution in [3.63, 3.8) is 0 Å². The summed E-state index contributed by atoms with van der Waals surface area (Å²) in [5.74, 6) is 0. The Morgan fingerprint density at radius 2 is 1.68 bits per heavy atom. The maximum atomic E-state index is 12.5. The van der Waals surface area contributed by atoms with Crippen LogP contribution in [0.25, 0.3) is 0 Å². The third-order valence-electron chi connectivity index (χ3n) is 3.65. The maximum absolute atomic E-state index is 12.5. The van der Waals surface area contributed by atoms with Gasteiger partial charge in [0, 0.05) is 13.1 Å². The molecule has 0 heterocycles. The van der Waals surface area contributed by atoms with Crippen LogP contribution in [0.5, 0.6) is 0 Å². The first-order chi connectivity index (χ1) is 10.5. The predicted octanol–water partition coefficient (Wildman–Crippen LogP) is 5.66. The van der Waals surface area contributed by atoms with Crippen LogP contribution in [0.1, 0.15) is 50.2 Å². The van der Waals surface area contributed by atoms with E-state index >= 15 is 0 Å². The Kier molecular flexibility index (Phi) is 8.25. The highest BCUT2D eigenvalue weighted by Gasteiger charge is 2.29. The Balaban J connectivity index is 2.50. The topological polar surface area (TPSA) is 3.24 Å². The van der Waals surface area contributed by atoms with Crippen LogP contribution in [0.15, 0.2) is 36.9 Å². The van der Waals surface area contributed by atoms with E-state index in [1.807, 2.05) is 6.08 Å². The molecule has 1 nitrogen and oxygen atoms in total. The molecule has 4 heteroatoms. The van der Waals surface area contributed by atoms with E-state index in [0.717, 1.165) is 37.2 Å². The van der Waals surface area contributed by atoms with Crippen molar-refractivity contribution >= 4 is 0 Å². The van der Waals surface area contributed by atoms with E-state index < -0.39 is 11.7 Å². The summed E-state index contributed by atoms with van der Waals surface area (Å²) in [7, 11) is 0. The fourth-order valence-corrected chi connectivity index (χ4v) is 2.41. The molecule has 1 rings (SSSR count). The van der Waals surface area contributed by atoms with Gasteiger partial charge in [0.05, 0.1) is 5.56 Å². The minimum Gasteiger partial charge on any atom is -0.295 e. The molecule has 0 atom stereocenters. The zero-order chi connectivity index (χ0) is 16.4. The quantitative estimate of drug-likeness (QED) is 0.398. The molecule has 1 aromatic rings. The summed E-state index contributed by atoms with van der Waals surface area (Å²) >= 11 is 0. The molecule has 0 aliphatic rings. The van der Waals surface area contributed by atoms with Gasteiger partial charge < -0.3 is 0 Å². The van der Waals surface area contributed by atoms with Gasteiger partial charge in [-0.2, -0.15) is 13.2 Å². The Hall–Kier alpha value is -1.29. The second-order valence-corrected chi connectivity index (χ2v) is 5.63. The van der Waals surface area contributed by atoms with Crippen molar-refractivity contribution in [3.05, 3.63) is 48.0 Å². The Morgan fingerprint density at radius 3 is 2.23 bits per heavy atom. The Labute approximate surface area is 131 Å². The van der Waals surface area contributed by atoms with Crippen LogP contribution in [-0.2, 0) is 12.7 Å². The normalized spacial score (nSPS) is 11.9. The predicted molar refractivity (Wildman–Crippen MR) is 85.7 cm³/mol. The van der Waals surface area contributed by atoms with Gasteiger partial charge in [0.25, 0.3) is 0 Å². The van der Waals surface area contributed by atoms with Crippen LogP contribution in [-0.4, -0.2) is 18.0 Å². The first-order valence-electron chi connectivity index (χ1n) is 7.96. The number of hydrogen-bond acceptors (Lipinski definition) is 1. The van der Waals surface area contributed by atoms with Crippen molar-refractivity contribution in [1.82, 2.24) is 4.90 Å². The minimum absolute atomic E-state index is 0.592. The van der Waals surface area contributed by atoms with Crippen molar-refractivity contribution in [3.8, 4) is 0 Å². The number of nitrogens with zero attached hydrogens (tertiary/aromatic N) is 1. The first-order valence-corrected chi connectivity index (χ1v) is 7.96. The molecular weight excluding hydrogens is 287 g/mol. The van der Waals surface area contributed by atoms with Crippen LogP contribution in [0.2, 0.25) is 0 Å². The fourth-order valence-electron chi connectivity index (χ4n) is 2.41. The SMILES string of the molecule is C=CCN(CCCCCCC)Cc1ccc(C(F)(F)F)cc1. The number of hydrogen-bond donors (Lipinski definition) is 0. The van der Waals surface area contributed by atoms with Crippen molar-refractivity contribution in [1.29, 1.82) is 0 Å². The highest BCUT2D eigenvalue weighted by molar-refractivity contribution is 5.24. The smallest absolute Gasteiger partial charge is 0.295 e. The van der Waals surface area contributed by atoms with Gasteiger partial charge in [0.15, 0.2) is 0 Å². The lowest BCUT2D eigenvalue weighted by molar-refractivity contribution is -0.137. The average Bonchev–Trinajstić information content (AvgIpc) is 2.47. The molecule has 0 amide bonds. The van der Waals surface area contributed by atoms with E-state index in [1.54, 1.807) is 12.1 Å². The van der Waals surface area contributed by atoms with Crippen LogP contribution in [0.4, 0.5) is 13.2 Å². The number of unbranched alkanes of at least 4 members (excludes halogenated alkanes) is 4. The summed E-state index contributed by atoms with van der Waals surface area (Å²) in [5.41, 5.74) is 0.314. The van der Waals surface area contributed by atoms with E-state index in [4.69, 9.17) is 0 Å². The largest absolute Gasteiger partial charge is 0.416 e. The number of rotatable bonds is 10. The highest BCUT2D eigenvalue weighted by atomic mass is 19.4.